The summed E-state index contributed by atoms with van der Waals surface area (Å²) in [6.45, 7) is 5.54. The molecule has 0 bridgehead atoms. The molecule has 2 aromatic heterocycles. The van der Waals surface area contributed by atoms with Crippen LogP contribution in [0.1, 0.15) is 35.2 Å². The zero-order valence-electron chi connectivity index (χ0n) is 14.4. The van der Waals surface area contributed by atoms with Crippen molar-refractivity contribution in [2.75, 3.05) is 26.2 Å². The number of alkyl halides is 2. The van der Waals surface area contributed by atoms with Gasteiger partial charge in [0.25, 0.3) is 5.91 Å². The van der Waals surface area contributed by atoms with Crippen molar-refractivity contribution in [1.29, 1.82) is 0 Å². The van der Waals surface area contributed by atoms with Crippen LogP contribution in [0.3, 0.4) is 0 Å². The highest BCUT2D eigenvalue weighted by Crippen LogP contribution is 2.14. The highest BCUT2D eigenvalue weighted by atomic mass is 19.3. The van der Waals surface area contributed by atoms with Crippen LogP contribution in [0, 0.1) is 6.92 Å². The van der Waals surface area contributed by atoms with E-state index in [9.17, 15) is 13.6 Å². The molecule has 1 saturated heterocycles. The van der Waals surface area contributed by atoms with Gasteiger partial charge in [0.1, 0.15) is 0 Å². The second kappa shape index (κ2) is 7.30. The lowest BCUT2D eigenvalue weighted by Crippen LogP contribution is -2.48. The summed E-state index contributed by atoms with van der Waals surface area (Å²) in [7, 11) is 0. The second-order valence-corrected chi connectivity index (χ2v) is 6.12. The molecule has 2 aromatic rings. The van der Waals surface area contributed by atoms with Crippen LogP contribution in [-0.2, 0) is 13.1 Å². The third-order valence-corrected chi connectivity index (χ3v) is 4.45. The molecule has 0 radical (unpaired) electrons. The Morgan fingerprint density at radius 1 is 1.24 bits per heavy atom. The summed E-state index contributed by atoms with van der Waals surface area (Å²) in [5, 5.41) is 8.09. The first-order valence-corrected chi connectivity index (χ1v) is 8.35. The summed E-state index contributed by atoms with van der Waals surface area (Å²) in [5.41, 5.74) is 2.28. The molecule has 0 unspecified atom stereocenters. The Morgan fingerprint density at radius 2 is 1.96 bits per heavy atom. The van der Waals surface area contributed by atoms with Crippen molar-refractivity contribution in [1.82, 2.24) is 29.4 Å². The maximum absolute atomic E-state index is 12.6. The number of aromatic nitrogens is 4. The van der Waals surface area contributed by atoms with Gasteiger partial charge >= 0.3 is 6.55 Å². The van der Waals surface area contributed by atoms with Crippen molar-refractivity contribution in [3.8, 4) is 0 Å². The Kier molecular flexibility index (Phi) is 5.12. The number of hydrogen-bond acceptors (Lipinski definition) is 4. The zero-order chi connectivity index (χ0) is 18.0. The molecular formula is C16H22F2N6O. The van der Waals surface area contributed by atoms with E-state index in [1.807, 2.05) is 11.6 Å². The molecule has 0 spiro atoms. The van der Waals surface area contributed by atoms with Crippen LogP contribution in [0.15, 0.2) is 18.5 Å². The summed E-state index contributed by atoms with van der Waals surface area (Å²) in [6, 6.07) is 1.34. The smallest absolute Gasteiger partial charge is 0.333 e. The molecule has 7 nitrogen and oxygen atoms in total. The fourth-order valence-electron chi connectivity index (χ4n) is 2.95. The number of nitrogens with zero attached hydrogens (tertiary/aromatic N) is 6. The summed E-state index contributed by atoms with van der Waals surface area (Å²) >= 11 is 0. The van der Waals surface area contributed by atoms with Crippen LogP contribution in [-0.4, -0.2) is 61.4 Å². The molecule has 0 saturated carbocycles. The van der Waals surface area contributed by atoms with Gasteiger partial charge in [-0.25, -0.2) is 4.68 Å². The van der Waals surface area contributed by atoms with Crippen LogP contribution in [0.4, 0.5) is 8.78 Å². The number of carbonyl (C=O) groups is 1. The van der Waals surface area contributed by atoms with Crippen LogP contribution >= 0.6 is 0 Å². The van der Waals surface area contributed by atoms with Gasteiger partial charge in [0.15, 0.2) is 5.69 Å². The van der Waals surface area contributed by atoms with E-state index in [1.165, 1.54) is 11.6 Å². The Labute approximate surface area is 144 Å². The van der Waals surface area contributed by atoms with Gasteiger partial charge in [-0.15, -0.1) is 0 Å². The van der Waals surface area contributed by atoms with E-state index in [0.29, 0.717) is 17.8 Å². The summed E-state index contributed by atoms with van der Waals surface area (Å²) in [5.74, 6) is -0.297. The van der Waals surface area contributed by atoms with Crippen molar-refractivity contribution in [2.24, 2.45) is 0 Å². The average molecular weight is 352 g/mol. The normalized spacial score (nSPS) is 16.0. The third-order valence-electron chi connectivity index (χ3n) is 4.45. The van der Waals surface area contributed by atoms with E-state index in [4.69, 9.17) is 0 Å². The van der Waals surface area contributed by atoms with Crippen LogP contribution in [0.2, 0.25) is 0 Å². The van der Waals surface area contributed by atoms with Crippen LogP contribution in [0.25, 0.3) is 0 Å². The van der Waals surface area contributed by atoms with E-state index in [-0.39, 0.29) is 11.6 Å². The molecule has 3 heterocycles. The van der Waals surface area contributed by atoms with Gasteiger partial charge in [0.2, 0.25) is 0 Å². The number of halogens is 2. The molecule has 9 heteroatoms. The van der Waals surface area contributed by atoms with Gasteiger partial charge in [0, 0.05) is 57.2 Å². The molecule has 1 amide bonds. The van der Waals surface area contributed by atoms with Gasteiger partial charge in [-0.1, -0.05) is 0 Å². The van der Waals surface area contributed by atoms with E-state index >= 15 is 0 Å². The van der Waals surface area contributed by atoms with Gasteiger partial charge < -0.3 is 4.90 Å². The van der Waals surface area contributed by atoms with Crippen molar-refractivity contribution in [3.63, 3.8) is 0 Å². The Hall–Kier alpha value is -2.29. The first-order valence-electron chi connectivity index (χ1n) is 8.35. The lowest BCUT2D eigenvalue weighted by molar-refractivity contribution is 0.0534. The number of piperazine rings is 1. The largest absolute Gasteiger partial charge is 0.335 e. The molecule has 0 aliphatic carbocycles. The molecule has 0 aromatic carbocycles. The van der Waals surface area contributed by atoms with Gasteiger partial charge in [-0.3, -0.25) is 14.4 Å². The maximum Gasteiger partial charge on any atom is 0.333 e. The van der Waals surface area contributed by atoms with Gasteiger partial charge in [-0.05, 0) is 19.9 Å². The summed E-state index contributed by atoms with van der Waals surface area (Å²) < 4.78 is 27.6. The molecule has 1 aliphatic rings. The minimum absolute atomic E-state index is 0.0637. The number of hydrogen-bond donors (Lipinski definition) is 0. The topological polar surface area (TPSA) is 59.2 Å². The molecule has 3 rings (SSSR count). The fourth-order valence-corrected chi connectivity index (χ4v) is 2.95. The number of rotatable bonds is 5. The quantitative estimate of drug-likeness (QED) is 0.823. The van der Waals surface area contributed by atoms with E-state index in [1.54, 1.807) is 4.90 Å². The van der Waals surface area contributed by atoms with Gasteiger partial charge in [-0.2, -0.15) is 19.0 Å². The van der Waals surface area contributed by atoms with Crippen molar-refractivity contribution < 1.29 is 13.6 Å². The molecule has 0 N–H and O–H groups in total. The first kappa shape index (κ1) is 17.5. The minimum Gasteiger partial charge on any atom is -0.335 e. The summed E-state index contributed by atoms with van der Waals surface area (Å²) in [6.07, 6.45) is 3.19. The fraction of sp³-hybridized carbons (Fsp3) is 0.562. The number of aryl methyl sites for hydroxylation is 2. The molecular weight excluding hydrogens is 330 g/mol. The third kappa shape index (κ3) is 3.87. The second-order valence-electron chi connectivity index (χ2n) is 6.12. The first-order chi connectivity index (χ1) is 12.0. The lowest BCUT2D eigenvalue weighted by Gasteiger charge is -2.34. The standard InChI is InChI=1S/C16H22F2N6O/c1-3-23-11-13(12(2)19-23)10-21-6-8-22(9-7-21)15(25)14-4-5-24(20-14)16(17)18/h4-5,11,16H,3,6-10H2,1-2H3. The Balaban J connectivity index is 1.55. The van der Waals surface area contributed by atoms with Crippen LogP contribution in [0.5, 0.6) is 0 Å². The molecule has 1 fully saturated rings. The van der Waals surface area contributed by atoms with E-state index < -0.39 is 6.55 Å². The molecule has 136 valence electrons. The number of amides is 1. The van der Waals surface area contributed by atoms with Gasteiger partial charge in [0.05, 0.1) is 5.69 Å². The van der Waals surface area contributed by atoms with Crippen molar-refractivity contribution >= 4 is 5.91 Å². The monoisotopic (exact) mass is 352 g/mol. The molecule has 0 atom stereocenters. The highest BCUT2D eigenvalue weighted by Gasteiger charge is 2.24. The predicted octanol–water partition coefficient (Wildman–Crippen LogP) is 1.76. The maximum atomic E-state index is 12.6. The molecule has 25 heavy (non-hydrogen) atoms. The SMILES string of the molecule is CCn1cc(CN2CCN(C(=O)c3ccn(C(F)F)n3)CC2)c(C)n1. The Morgan fingerprint density at radius 3 is 2.52 bits per heavy atom. The zero-order valence-corrected chi connectivity index (χ0v) is 14.4. The minimum atomic E-state index is -2.73. The highest BCUT2D eigenvalue weighted by molar-refractivity contribution is 5.92. The van der Waals surface area contributed by atoms with Crippen molar-refractivity contribution in [3.05, 3.63) is 35.4 Å². The number of carbonyl (C=O) groups excluding carboxylic acids is 1. The van der Waals surface area contributed by atoms with Crippen molar-refractivity contribution in [2.45, 2.75) is 33.5 Å². The van der Waals surface area contributed by atoms with Crippen LogP contribution < -0.4 is 0 Å². The summed E-state index contributed by atoms with van der Waals surface area (Å²) in [4.78, 5) is 16.3. The predicted molar refractivity (Wildman–Crippen MR) is 87.3 cm³/mol. The lowest BCUT2D eigenvalue weighted by atomic mass is 10.2. The average Bonchev–Trinajstić information content (AvgIpc) is 3.22. The van der Waals surface area contributed by atoms with E-state index in [2.05, 4.69) is 28.2 Å². The van der Waals surface area contributed by atoms with E-state index in [0.717, 1.165) is 38.1 Å². The Bertz CT molecular complexity index is 733. The molecule has 1 aliphatic heterocycles.